The van der Waals surface area contributed by atoms with Gasteiger partial charge in [-0.15, -0.1) is 0 Å². The van der Waals surface area contributed by atoms with Gasteiger partial charge < -0.3 is 5.32 Å². The van der Waals surface area contributed by atoms with Crippen LogP contribution in [0.3, 0.4) is 0 Å². The molecule has 0 unspecified atom stereocenters. The quantitative estimate of drug-likeness (QED) is 0.917. The highest BCUT2D eigenvalue weighted by Crippen LogP contribution is 2.24. The Balaban J connectivity index is 2.36. The van der Waals surface area contributed by atoms with Crippen molar-refractivity contribution in [2.24, 2.45) is 0 Å². The molecule has 19 heavy (non-hydrogen) atoms. The zero-order valence-corrected chi connectivity index (χ0v) is 12.5. The lowest BCUT2D eigenvalue weighted by Crippen LogP contribution is -2.04. The van der Waals surface area contributed by atoms with Crippen molar-refractivity contribution in [3.05, 3.63) is 40.2 Å². The number of hydrogen-bond acceptors (Lipinski definition) is 3. The Kier molecular flexibility index (Phi) is 4.47. The van der Waals surface area contributed by atoms with E-state index in [9.17, 15) is 4.39 Å². The number of rotatable bonds is 4. The Labute approximate surface area is 120 Å². The molecule has 0 fully saturated rings. The molecule has 1 N–H and O–H groups in total. The van der Waals surface area contributed by atoms with Gasteiger partial charge in [0.2, 0.25) is 0 Å². The van der Waals surface area contributed by atoms with Crippen LogP contribution in [0.2, 0.25) is 0 Å². The summed E-state index contributed by atoms with van der Waals surface area (Å²) in [6, 6.07) is 4.88. The summed E-state index contributed by atoms with van der Waals surface area (Å²) < 4.78 is 14.1. The summed E-state index contributed by atoms with van der Waals surface area (Å²) in [4.78, 5) is 8.73. The van der Waals surface area contributed by atoms with Crippen molar-refractivity contribution >= 4 is 21.7 Å². The third kappa shape index (κ3) is 3.29. The van der Waals surface area contributed by atoms with Gasteiger partial charge in [-0.2, -0.15) is 0 Å². The smallest absolute Gasteiger partial charge is 0.161 e. The molecule has 0 atom stereocenters. The molecule has 1 heterocycles. The summed E-state index contributed by atoms with van der Waals surface area (Å²) >= 11 is 3.41. The number of aryl methyl sites for hydroxylation is 1. The summed E-state index contributed by atoms with van der Waals surface area (Å²) in [7, 11) is 0. The molecule has 2 rings (SSSR count). The number of nitrogens with one attached hydrogen (secondary N) is 1. The number of halogens is 2. The van der Waals surface area contributed by atoms with E-state index >= 15 is 0 Å². The number of hydrogen-bond donors (Lipinski definition) is 1. The summed E-state index contributed by atoms with van der Waals surface area (Å²) in [6.45, 7) is 4.66. The predicted molar refractivity (Wildman–Crippen MR) is 78.6 cm³/mol. The fourth-order valence-electron chi connectivity index (χ4n) is 1.66. The van der Waals surface area contributed by atoms with Gasteiger partial charge in [-0.05, 0) is 53.0 Å². The molecule has 0 aliphatic rings. The Bertz CT molecular complexity index is 587. The van der Waals surface area contributed by atoms with E-state index in [1.54, 1.807) is 25.3 Å². The third-order valence-corrected chi connectivity index (χ3v) is 3.28. The molecule has 2 aromatic rings. The van der Waals surface area contributed by atoms with Crippen molar-refractivity contribution in [2.75, 3.05) is 11.9 Å². The van der Waals surface area contributed by atoms with Crippen molar-refractivity contribution in [3.8, 4) is 11.4 Å². The average molecular weight is 324 g/mol. The molecule has 3 nitrogen and oxygen atoms in total. The second kappa shape index (κ2) is 6.10. The SMILES string of the molecule is CCCNc1nc(-c2ccc(F)c(C)c2)ncc1Br. The standard InChI is InChI=1S/C14H15BrFN3/c1-3-6-17-14-11(15)8-18-13(19-14)10-4-5-12(16)9(2)7-10/h4-5,7-8H,3,6H2,1-2H3,(H,17,18,19). The lowest BCUT2D eigenvalue weighted by atomic mass is 10.1. The van der Waals surface area contributed by atoms with Crippen molar-refractivity contribution in [1.82, 2.24) is 9.97 Å². The van der Waals surface area contributed by atoms with Gasteiger partial charge in [-0.1, -0.05) is 6.92 Å². The van der Waals surface area contributed by atoms with Crippen LogP contribution in [-0.4, -0.2) is 16.5 Å². The molecule has 0 radical (unpaired) electrons. The largest absolute Gasteiger partial charge is 0.369 e. The maximum Gasteiger partial charge on any atom is 0.161 e. The van der Waals surface area contributed by atoms with Crippen LogP contribution in [-0.2, 0) is 0 Å². The molecule has 0 spiro atoms. The highest BCUT2D eigenvalue weighted by molar-refractivity contribution is 9.10. The van der Waals surface area contributed by atoms with Gasteiger partial charge in [0.25, 0.3) is 0 Å². The van der Waals surface area contributed by atoms with Crippen LogP contribution in [0.15, 0.2) is 28.9 Å². The second-order valence-corrected chi connectivity index (χ2v) is 5.14. The fraction of sp³-hybridized carbons (Fsp3) is 0.286. The Morgan fingerprint density at radius 3 is 2.84 bits per heavy atom. The van der Waals surface area contributed by atoms with Gasteiger partial charge in [0.1, 0.15) is 11.6 Å². The first-order chi connectivity index (χ1) is 9.11. The van der Waals surface area contributed by atoms with Gasteiger partial charge >= 0.3 is 0 Å². The molecule has 0 bridgehead atoms. The first kappa shape index (κ1) is 13.9. The lowest BCUT2D eigenvalue weighted by Gasteiger charge is -2.08. The second-order valence-electron chi connectivity index (χ2n) is 4.28. The summed E-state index contributed by atoms with van der Waals surface area (Å²) in [5.74, 6) is 1.13. The molecule has 0 saturated heterocycles. The topological polar surface area (TPSA) is 37.8 Å². The summed E-state index contributed by atoms with van der Waals surface area (Å²) in [5, 5.41) is 3.23. The average Bonchev–Trinajstić information content (AvgIpc) is 2.41. The van der Waals surface area contributed by atoms with E-state index in [4.69, 9.17) is 0 Å². The molecule has 100 valence electrons. The van der Waals surface area contributed by atoms with Gasteiger partial charge in [-0.3, -0.25) is 0 Å². The molecule has 5 heteroatoms. The number of nitrogens with zero attached hydrogens (tertiary/aromatic N) is 2. The van der Waals surface area contributed by atoms with E-state index in [0.717, 1.165) is 28.8 Å². The Hall–Kier alpha value is -1.49. The van der Waals surface area contributed by atoms with Crippen molar-refractivity contribution in [1.29, 1.82) is 0 Å². The Morgan fingerprint density at radius 2 is 2.16 bits per heavy atom. The number of anilines is 1. The molecule has 0 aliphatic carbocycles. The van der Waals surface area contributed by atoms with Crippen LogP contribution in [0.25, 0.3) is 11.4 Å². The molecule has 0 saturated carbocycles. The van der Waals surface area contributed by atoms with Crippen molar-refractivity contribution in [3.63, 3.8) is 0 Å². The molecule has 0 aliphatic heterocycles. The summed E-state index contributed by atoms with van der Waals surface area (Å²) in [5.41, 5.74) is 1.40. The summed E-state index contributed by atoms with van der Waals surface area (Å²) in [6.07, 6.45) is 2.72. The maximum atomic E-state index is 13.3. The van der Waals surface area contributed by atoms with E-state index in [1.165, 1.54) is 6.07 Å². The van der Waals surface area contributed by atoms with E-state index in [-0.39, 0.29) is 5.82 Å². The van der Waals surface area contributed by atoms with E-state index in [0.29, 0.717) is 11.4 Å². The van der Waals surface area contributed by atoms with Crippen LogP contribution in [0.5, 0.6) is 0 Å². The van der Waals surface area contributed by atoms with Crippen LogP contribution >= 0.6 is 15.9 Å². The molecule has 0 amide bonds. The highest BCUT2D eigenvalue weighted by atomic mass is 79.9. The molecule has 1 aromatic heterocycles. The highest BCUT2D eigenvalue weighted by Gasteiger charge is 2.08. The first-order valence-electron chi connectivity index (χ1n) is 6.14. The molecule has 1 aromatic carbocycles. The van der Waals surface area contributed by atoms with E-state index in [2.05, 4.69) is 38.1 Å². The lowest BCUT2D eigenvalue weighted by molar-refractivity contribution is 0.618. The monoisotopic (exact) mass is 323 g/mol. The van der Waals surface area contributed by atoms with E-state index < -0.39 is 0 Å². The minimum atomic E-state index is -0.217. The van der Waals surface area contributed by atoms with Gasteiger partial charge in [-0.25, -0.2) is 14.4 Å². The van der Waals surface area contributed by atoms with Crippen LogP contribution in [0.4, 0.5) is 10.2 Å². The third-order valence-electron chi connectivity index (χ3n) is 2.70. The minimum absolute atomic E-state index is 0.217. The molecular weight excluding hydrogens is 309 g/mol. The van der Waals surface area contributed by atoms with E-state index in [1.807, 2.05) is 0 Å². The minimum Gasteiger partial charge on any atom is -0.369 e. The van der Waals surface area contributed by atoms with Crippen LogP contribution in [0, 0.1) is 12.7 Å². The van der Waals surface area contributed by atoms with Gasteiger partial charge in [0.15, 0.2) is 5.82 Å². The predicted octanol–water partition coefficient (Wildman–Crippen LogP) is 4.18. The van der Waals surface area contributed by atoms with Gasteiger partial charge in [0, 0.05) is 18.3 Å². The normalized spacial score (nSPS) is 10.5. The van der Waals surface area contributed by atoms with Gasteiger partial charge in [0.05, 0.1) is 4.47 Å². The number of benzene rings is 1. The van der Waals surface area contributed by atoms with Crippen LogP contribution in [0.1, 0.15) is 18.9 Å². The zero-order valence-electron chi connectivity index (χ0n) is 10.9. The first-order valence-corrected chi connectivity index (χ1v) is 6.94. The maximum absolute atomic E-state index is 13.3. The van der Waals surface area contributed by atoms with Crippen molar-refractivity contribution < 1.29 is 4.39 Å². The zero-order chi connectivity index (χ0) is 13.8. The number of aromatic nitrogens is 2. The van der Waals surface area contributed by atoms with Crippen LogP contribution < -0.4 is 5.32 Å². The van der Waals surface area contributed by atoms with Crippen molar-refractivity contribution in [2.45, 2.75) is 20.3 Å². The Morgan fingerprint density at radius 1 is 1.37 bits per heavy atom. The fourth-order valence-corrected chi connectivity index (χ4v) is 1.99. The molecular formula is C14H15BrFN3.